The summed E-state index contributed by atoms with van der Waals surface area (Å²) in [5.74, 6) is -0.185. The van der Waals surface area contributed by atoms with Crippen LogP contribution in [0.3, 0.4) is 0 Å². The molecule has 2 aromatic carbocycles. The van der Waals surface area contributed by atoms with Crippen molar-refractivity contribution >= 4 is 28.1 Å². The van der Waals surface area contributed by atoms with E-state index in [0.29, 0.717) is 13.0 Å². The number of thiophene rings is 1. The third kappa shape index (κ3) is 2.89. The second-order valence-electron chi connectivity index (χ2n) is 4.56. The van der Waals surface area contributed by atoms with Gasteiger partial charge in [0.05, 0.1) is 6.42 Å². The molecule has 0 unspecified atom stereocenters. The Morgan fingerprint density at radius 3 is 2.70 bits per heavy atom. The molecule has 0 amide bonds. The third-order valence-electron chi connectivity index (χ3n) is 3.17. The molecule has 1 aromatic heterocycles. The molecule has 0 aliphatic rings. The van der Waals surface area contributed by atoms with Gasteiger partial charge in [0.1, 0.15) is 6.61 Å². The van der Waals surface area contributed by atoms with Gasteiger partial charge in [-0.15, -0.1) is 11.3 Å². The van der Waals surface area contributed by atoms with E-state index in [1.807, 2.05) is 47.8 Å². The van der Waals surface area contributed by atoms with Gasteiger partial charge in [0.2, 0.25) is 0 Å². The number of fused-ring (bicyclic) bond motifs is 1. The Labute approximate surface area is 121 Å². The van der Waals surface area contributed by atoms with Gasteiger partial charge in [-0.3, -0.25) is 4.79 Å². The topological polar surface area (TPSA) is 26.3 Å². The molecule has 0 spiro atoms. The van der Waals surface area contributed by atoms with Crippen LogP contribution in [-0.2, 0) is 22.6 Å². The Hall–Kier alpha value is -2.13. The fourth-order valence-corrected chi connectivity index (χ4v) is 2.82. The summed E-state index contributed by atoms with van der Waals surface area (Å²) in [6.45, 7) is 0.362. The number of esters is 1. The Morgan fingerprint density at radius 1 is 1.00 bits per heavy atom. The van der Waals surface area contributed by atoms with Gasteiger partial charge in [-0.25, -0.2) is 0 Å². The van der Waals surface area contributed by atoms with Crippen LogP contribution < -0.4 is 0 Å². The second-order valence-corrected chi connectivity index (χ2v) is 5.59. The van der Waals surface area contributed by atoms with E-state index in [1.165, 1.54) is 0 Å². The second kappa shape index (κ2) is 5.88. The van der Waals surface area contributed by atoms with Gasteiger partial charge in [-0.05, 0) is 27.8 Å². The van der Waals surface area contributed by atoms with E-state index in [0.717, 1.165) is 21.2 Å². The molecule has 0 saturated heterocycles. The van der Waals surface area contributed by atoms with Crippen molar-refractivity contribution in [1.29, 1.82) is 0 Å². The summed E-state index contributed by atoms with van der Waals surface area (Å²) in [6.07, 6.45) is 0.312. The molecule has 0 atom stereocenters. The van der Waals surface area contributed by atoms with E-state index >= 15 is 0 Å². The van der Waals surface area contributed by atoms with E-state index in [2.05, 4.69) is 12.1 Å². The van der Waals surface area contributed by atoms with E-state index in [-0.39, 0.29) is 5.97 Å². The zero-order chi connectivity index (χ0) is 13.8. The predicted molar refractivity (Wildman–Crippen MR) is 81.8 cm³/mol. The largest absolute Gasteiger partial charge is 0.460 e. The van der Waals surface area contributed by atoms with Crippen molar-refractivity contribution in [3.8, 4) is 0 Å². The van der Waals surface area contributed by atoms with Crippen molar-refractivity contribution in [3.63, 3.8) is 0 Å². The number of hydrogen-bond donors (Lipinski definition) is 0. The molecule has 0 N–H and O–H groups in total. The van der Waals surface area contributed by atoms with Gasteiger partial charge >= 0.3 is 5.97 Å². The van der Waals surface area contributed by atoms with E-state index in [4.69, 9.17) is 4.74 Å². The minimum atomic E-state index is -0.185. The minimum absolute atomic E-state index is 0.185. The number of carbonyl (C=O) groups excluding carboxylic acids is 1. The summed E-state index contributed by atoms with van der Waals surface area (Å²) in [4.78, 5) is 13.0. The molecule has 0 radical (unpaired) electrons. The lowest BCUT2D eigenvalue weighted by Crippen LogP contribution is -2.07. The van der Waals surface area contributed by atoms with Crippen molar-refractivity contribution in [2.45, 2.75) is 13.0 Å². The molecule has 0 fully saturated rings. The third-order valence-corrected chi connectivity index (χ3v) is 4.02. The monoisotopic (exact) mass is 282 g/mol. The van der Waals surface area contributed by atoms with Gasteiger partial charge in [-0.1, -0.05) is 48.5 Å². The van der Waals surface area contributed by atoms with Crippen LogP contribution >= 0.6 is 11.3 Å². The van der Waals surface area contributed by atoms with Crippen LogP contribution in [0.15, 0.2) is 60.0 Å². The summed E-state index contributed by atoms with van der Waals surface area (Å²) in [6, 6.07) is 18.0. The zero-order valence-corrected chi connectivity index (χ0v) is 11.7. The quantitative estimate of drug-likeness (QED) is 0.671. The maximum Gasteiger partial charge on any atom is 0.310 e. The first kappa shape index (κ1) is 12.9. The van der Waals surface area contributed by atoms with E-state index in [1.54, 1.807) is 11.3 Å². The van der Waals surface area contributed by atoms with Crippen LogP contribution in [0.4, 0.5) is 0 Å². The first-order valence-corrected chi connectivity index (χ1v) is 7.35. The highest BCUT2D eigenvalue weighted by molar-refractivity contribution is 7.09. The summed E-state index contributed by atoms with van der Waals surface area (Å²) >= 11 is 1.60. The maximum atomic E-state index is 11.9. The standard InChI is InChI=1S/C17H14O2S/c18-17(19-12-15-8-4-10-20-15)11-14-7-3-6-13-5-1-2-9-16(13)14/h1-10H,11-12H2. The molecular weight excluding hydrogens is 268 g/mol. The first-order valence-electron chi connectivity index (χ1n) is 6.47. The summed E-state index contributed by atoms with van der Waals surface area (Å²) < 4.78 is 5.31. The van der Waals surface area contributed by atoms with Crippen molar-refractivity contribution < 1.29 is 9.53 Å². The summed E-state index contributed by atoms with van der Waals surface area (Å²) in [5.41, 5.74) is 1.01. The average Bonchev–Trinajstić information content (AvgIpc) is 2.99. The molecule has 20 heavy (non-hydrogen) atoms. The van der Waals surface area contributed by atoms with Gasteiger partial charge in [-0.2, -0.15) is 0 Å². The first-order chi connectivity index (χ1) is 9.83. The lowest BCUT2D eigenvalue weighted by atomic mass is 10.0. The minimum Gasteiger partial charge on any atom is -0.460 e. The van der Waals surface area contributed by atoms with Crippen LogP contribution in [0, 0.1) is 0 Å². The Bertz CT molecular complexity index is 711. The Morgan fingerprint density at radius 2 is 1.85 bits per heavy atom. The highest BCUT2D eigenvalue weighted by Crippen LogP contribution is 2.19. The predicted octanol–water partition coefficient (Wildman–Crippen LogP) is 4.19. The molecule has 100 valence electrons. The van der Waals surface area contributed by atoms with Crippen LogP contribution in [0.2, 0.25) is 0 Å². The highest BCUT2D eigenvalue weighted by atomic mass is 32.1. The average molecular weight is 282 g/mol. The number of hydrogen-bond acceptors (Lipinski definition) is 3. The zero-order valence-electron chi connectivity index (χ0n) is 10.9. The van der Waals surface area contributed by atoms with Crippen LogP contribution in [0.5, 0.6) is 0 Å². The number of rotatable bonds is 4. The van der Waals surface area contributed by atoms with E-state index in [9.17, 15) is 4.79 Å². The fourth-order valence-electron chi connectivity index (χ4n) is 2.20. The SMILES string of the molecule is O=C(Cc1cccc2ccccc12)OCc1cccs1. The number of ether oxygens (including phenoxy) is 1. The van der Waals surface area contributed by atoms with Gasteiger partial charge in [0, 0.05) is 4.88 Å². The molecule has 2 nitrogen and oxygen atoms in total. The van der Waals surface area contributed by atoms with Crippen molar-refractivity contribution in [2.75, 3.05) is 0 Å². The molecule has 0 aliphatic carbocycles. The lowest BCUT2D eigenvalue weighted by Gasteiger charge is -2.06. The molecule has 3 aromatic rings. The highest BCUT2D eigenvalue weighted by Gasteiger charge is 2.08. The molecule has 0 bridgehead atoms. The summed E-state index contributed by atoms with van der Waals surface area (Å²) in [5, 5.41) is 4.24. The molecule has 0 saturated carbocycles. The molecule has 0 aliphatic heterocycles. The van der Waals surface area contributed by atoms with Gasteiger partial charge in [0.15, 0.2) is 0 Å². The fraction of sp³-hybridized carbons (Fsp3) is 0.118. The molecule has 3 rings (SSSR count). The Kier molecular flexibility index (Phi) is 3.79. The van der Waals surface area contributed by atoms with Crippen molar-refractivity contribution in [3.05, 3.63) is 70.4 Å². The maximum absolute atomic E-state index is 11.9. The summed E-state index contributed by atoms with van der Waals surface area (Å²) in [7, 11) is 0. The normalized spacial score (nSPS) is 10.6. The Balaban J connectivity index is 1.71. The van der Waals surface area contributed by atoms with Crippen molar-refractivity contribution in [1.82, 2.24) is 0 Å². The van der Waals surface area contributed by atoms with E-state index < -0.39 is 0 Å². The van der Waals surface area contributed by atoms with Crippen molar-refractivity contribution in [2.24, 2.45) is 0 Å². The van der Waals surface area contributed by atoms with Crippen LogP contribution in [0.25, 0.3) is 10.8 Å². The van der Waals surface area contributed by atoms with Crippen LogP contribution in [-0.4, -0.2) is 5.97 Å². The van der Waals surface area contributed by atoms with Gasteiger partial charge in [0.25, 0.3) is 0 Å². The lowest BCUT2D eigenvalue weighted by molar-refractivity contribution is -0.144. The number of carbonyl (C=O) groups is 1. The molecule has 3 heteroatoms. The van der Waals surface area contributed by atoms with Crippen LogP contribution in [0.1, 0.15) is 10.4 Å². The molecule has 1 heterocycles. The number of benzene rings is 2. The smallest absolute Gasteiger partial charge is 0.310 e. The van der Waals surface area contributed by atoms with Gasteiger partial charge < -0.3 is 4.74 Å². The molecular formula is C17H14O2S.